The normalized spacial score (nSPS) is 20.6. The molecule has 7 heteroatoms. The van der Waals surface area contributed by atoms with E-state index in [4.69, 9.17) is 14.2 Å². The predicted octanol–water partition coefficient (Wildman–Crippen LogP) is -1.09. The van der Waals surface area contributed by atoms with Crippen LogP contribution in [-0.2, 0) is 11.3 Å². The lowest BCUT2D eigenvalue weighted by Crippen LogP contribution is -3.28. The minimum Gasteiger partial charge on any atom is -0.493 e. The first kappa shape index (κ1) is 21.3. The molecular weight excluding hydrogens is 346 g/mol. The molecule has 0 aromatic heterocycles. The summed E-state index contributed by atoms with van der Waals surface area (Å²) in [6.07, 6.45) is 0.964. The summed E-state index contributed by atoms with van der Waals surface area (Å²) < 4.78 is 16.4. The van der Waals surface area contributed by atoms with Crippen molar-refractivity contribution >= 4 is 5.91 Å². The van der Waals surface area contributed by atoms with Crippen LogP contribution in [0.4, 0.5) is 0 Å². The van der Waals surface area contributed by atoms with Crippen LogP contribution in [0.5, 0.6) is 17.2 Å². The van der Waals surface area contributed by atoms with Crippen LogP contribution in [0.15, 0.2) is 12.1 Å². The van der Waals surface area contributed by atoms with Crippen LogP contribution in [0.3, 0.4) is 0 Å². The first-order chi connectivity index (χ1) is 13.0. The maximum atomic E-state index is 12.1. The molecule has 2 rings (SSSR count). The van der Waals surface area contributed by atoms with Gasteiger partial charge in [-0.2, -0.15) is 0 Å². The zero-order chi connectivity index (χ0) is 19.8. The largest absolute Gasteiger partial charge is 0.493 e. The highest BCUT2D eigenvalue weighted by molar-refractivity contribution is 5.77. The molecule has 7 nitrogen and oxygen atoms in total. The summed E-state index contributed by atoms with van der Waals surface area (Å²) in [7, 11) is 4.92. The summed E-state index contributed by atoms with van der Waals surface area (Å²) in [5.41, 5.74) is 1.11. The number of benzene rings is 1. The van der Waals surface area contributed by atoms with Crippen molar-refractivity contribution in [2.75, 3.05) is 54.1 Å². The molecule has 1 aromatic rings. The third-order valence-electron chi connectivity index (χ3n) is 5.32. The fraction of sp³-hybridized carbons (Fsp3) is 0.650. The van der Waals surface area contributed by atoms with Crippen molar-refractivity contribution in [2.24, 2.45) is 0 Å². The van der Waals surface area contributed by atoms with Crippen LogP contribution in [0, 0.1) is 0 Å². The van der Waals surface area contributed by atoms with Crippen LogP contribution >= 0.6 is 0 Å². The summed E-state index contributed by atoms with van der Waals surface area (Å²) in [4.78, 5) is 14.9. The van der Waals surface area contributed by atoms with E-state index >= 15 is 0 Å². The van der Waals surface area contributed by atoms with Gasteiger partial charge in [0.25, 0.3) is 5.91 Å². The molecule has 1 aliphatic rings. The first-order valence-electron chi connectivity index (χ1n) is 9.76. The number of carbonyl (C=O) groups is 1. The molecule has 152 valence electrons. The smallest absolute Gasteiger partial charge is 0.275 e. The second kappa shape index (κ2) is 10.4. The second-order valence-corrected chi connectivity index (χ2v) is 7.22. The van der Waals surface area contributed by atoms with Crippen molar-refractivity contribution in [3.05, 3.63) is 17.7 Å². The van der Waals surface area contributed by atoms with Gasteiger partial charge in [0, 0.05) is 6.04 Å². The van der Waals surface area contributed by atoms with Gasteiger partial charge in [-0.1, -0.05) is 6.92 Å². The average Bonchev–Trinajstić information content (AvgIpc) is 2.68. The van der Waals surface area contributed by atoms with Crippen LogP contribution < -0.4 is 29.3 Å². The molecule has 0 unspecified atom stereocenters. The van der Waals surface area contributed by atoms with E-state index in [2.05, 4.69) is 12.2 Å². The summed E-state index contributed by atoms with van der Waals surface area (Å²) in [5, 5.41) is 3.06. The monoisotopic (exact) mass is 381 g/mol. The van der Waals surface area contributed by atoms with E-state index in [1.54, 1.807) is 21.3 Å². The third kappa shape index (κ3) is 5.74. The summed E-state index contributed by atoms with van der Waals surface area (Å²) in [5.74, 6) is 2.22. The number of hydrogen-bond donors (Lipinski definition) is 3. The van der Waals surface area contributed by atoms with Crippen molar-refractivity contribution in [2.45, 2.75) is 32.9 Å². The highest BCUT2D eigenvalue weighted by Crippen LogP contribution is 2.39. The van der Waals surface area contributed by atoms with Gasteiger partial charge >= 0.3 is 0 Å². The minimum atomic E-state index is 0.157. The number of quaternary nitrogens is 2. The fourth-order valence-electron chi connectivity index (χ4n) is 3.54. The Morgan fingerprint density at radius 3 is 2.22 bits per heavy atom. The summed E-state index contributed by atoms with van der Waals surface area (Å²) >= 11 is 0. The van der Waals surface area contributed by atoms with Crippen LogP contribution in [-0.4, -0.2) is 66.0 Å². The van der Waals surface area contributed by atoms with Crippen molar-refractivity contribution in [1.29, 1.82) is 0 Å². The van der Waals surface area contributed by atoms with Gasteiger partial charge in [-0.05, 0) is 25.5 Å². The SMILES string of the molecule is CC[C@@H](C)NC(=O)C[NH+]1CC[NH+](Cc2ccc(OC)c(OC)c2OC)CC1. The molecule has 1 aromatic carbocycles. The molecule has 0 spiro atoms. The Bertz CT molecular complexity index is 615. The van der Waals surface area contributed by atoms with E-state index in [0.717, 1.165) is 50.5 Å². The lowest BCUT2D eigenvalue weighted by atomic mass is 10.1. The molecule has 1 saturated heterocycles. The minimum absolute atomic E-state index is 0.157. The molecular formula is C20H35N3O4+2. The van der Waals surface area contributed by atoms with Crippen molar-refractivity contribution in [3.63, 3.8) is 0 Å². The zero-order valence-electron chi connectivity index (χ0n) is 17.3. The van der Waals surface area contributed by atoms with E-state index in [1.165, 1.54) is 9.80 Å². The number of nitrogens with one attached hydrogen (secondary N) is 3. The number of piperazine rings is 1. The van der Waals surface area contributed by atoms with E-state index in [0.29, 0.717) is 18.0 Å². The zero-order valence-corrected chi connectivity index (χ0v) is 17.3. The molecule has 1 aliphatic heterocycles. The summed E-state index contributed by atoms with van der Waals surface area (Å²) in [6.45, 7) is 9.63. The Hall–Kier alpha value is -1.99. The number of rotatable bonds is 9. The predicted molar refractivity (Wildman–Crippen MR) is 104 cm³/mol. The van der Waals surface area contributed by atoms with Crippen molar-refractivity contribution < 1.29 is 28.8 Å². The van der Waals surface area contributed by atoms with Crippen molar-refractivity contribution in [3.8, 4) is 17.2 Å². The van der Waals surface area contributed by atoms with Crippen molar-refractivity contribution in [1.82, 2.24) is 5.32 Å². The molecule has 1 atom stereocenters. The van der Waals surface area contributed by atoms with Gasteiger partial charge in [0.05, 0.1) is 26.9 Å². The molecule has 1 heterocycles. The van der Waals surface area contributed by atoms with Gasteiger partial charge in [0.15, 0.2) is 18.0 Å². The lowest BCUT2D eigenvalue weighted by molar-refractivity contribution is -1.02. The summed E-state index contributed by atoms with van der Waals surface area (Å²) in [6, 6.07) is 4.23. The van der Waals surface area contributed by atoms with E-state index in [1.807, 2.05) is 19.1 Å². The van der Waals surface area contributed by atoms with Crippen LogP contribution in [0.2, 0.25) is 0 Å². The molecule has 0 aliphatic carbocycles. The highest BCUT2D eigenvalue weighted by Gasteiger charge is 2.27. The van der Waals surface area contributed by atoms with Crippen LogP contribution in [0.1, 0.15) is 25.8 Å². The Kier molecular flexibility index (Phi) is 8.19. The molecule has 0 bridgehead atoms. The topological polar surface area (TPSA) is 65.7 Å². The first-order valence-corrected chi connectivity index (χ1v) is 9.76. The number of hydrogen-bond acceptors (Lipinski definition) is 4. The van der Waals surface area contributed by atoms with Gasteiger partial charge in [-0.25, -0.2) is 0 Å². The maximum absolute atomic E-state index is 12.1. The Morgan fingerprint density at radius 2 is 1.67 bits per heavy atom. The van der Waals surface area contributed by atoms with Gasteiger partial charge in [0.1, 0.15) is 32.7 Å². The van der Waals surface area contributed by atoms with Crippen LogP contribution in [0.25, 0.3) is 0 Å². The number of amides is 1. The maximum Gasteiger partial charge on any atom is 0.275 e. The number of methoxy groups -OCH3 is 3. The molecule has 3 N–H and O–H groups in total. The number of carbonyl (C=O) groups excluding carboxylic acids is 1. The van der Waals surface area contributed by atoms with E-state index in [9.17, 15) is 4.79 Å². The van der Waals surface area contributed by atoms with Gasteiger partial charge in [-0.3, -0.25) is 4.79 Å². The number of ether oxygens (including phenoxy) is 3. The second-order valence-electron chi connectivity index (χ2n) is 7.22. The molecule has 1 fully saturated rings. The fourth-order valence-corrected chi connectivity index (χ4v) is 3.54. The average molecular weight is 382 g/mol. The third-order valence-corrected chi connectivity index (χ3v) is 5.32. The van der Waals surface area contributed by atoms with Gasteiger partial charge in [-0.15, -0.1) is 0 Å². The lowest BCUT2D eigenvalue weighted by Gasteiger charge is -2.30. The van der Waals surface area contributed by atoms with Gasteiger partial charge < -0.3 is 29.3 Å². The van der Waals surface area contributed by atoms with E-state index in [-0.39, 0.29) is 11.9 Å². The molecule has 0 saturated carbocycles. The Morgan fingerprint density at radius 1 is 1.04 bits per heavy atom. The Labute approximate surface area is 162 Å². The van der Waals surface area contributed by atoms with E-state index < -0.39 is 0 Å². The van der Waals surface area contributed by atoms with Gasteiger partial charge in [0.2, 0.25) is 5.75 Å². The Balaban J connectivity index is 1.91. The molecule has 27 heavy (non-hydrogen) atoms. The highest BCUT2D eigenvalue weighted by atomic mass is 16.5. The molecule has 0 radical (unpaired) electrons. The molecule has 1 amide bonds. The standard InChI is InChI=1S/C20H33N3O4/c1-6-15(2)21-18(24)14-23-11-9-22(10-12-23)13-16-7-8-17(25-3)20(27-5)19(16)26-4/h7-8,15H,6,9-14H2,1-5H3,(H,21,24)/p+2/t15-/m1/s1. The quantitative estimate of drug-likeness (QED) is 0.509.